The summed E-state index contributed by atoms with van der Waals surface area (Å²) >= 11 is 1.30. The fraction of sp³-hybridized carbons (Fsp3) is 0.444. The van der Waals surface area contributed by atoms with Gasteiger partial charge in [-0.3, -0.25) is 10.2 Å². The summed E-state index contributed by atoms with van der Waals surface area (Å²) in [5.41, 5.74) is 5.50. The first-order valence-electron chi connectivity index (χ1n) is 4.56. The molecule has 0 saturated carbocycles. The number of rotatable bonds is 1. The van der Waals surface area contributed by atoms with Gasteiger partial charge >= 0.3 is 6.09 Å². The van der Waals surface area contributed by atoms with E-state index in [0.29, 0.717) is 0 Å². The van der Waals surface area contributed by atoms with Crippen LogP contribution in [0.3, 0.4) is 0 Å². The van der Waals surface area contributed by atoms with Crippen molar-refractivity contribution in [2.24, 2.45) is 0 Å². The summed E-state index contributed by atoms with van der Waals surface area (Å²) in [6.07, 6.45) is -0.712. The lowest BCUT2D eigenvalue weighted by atomic mass is 10.2. The first-order valence-corrected chi connectivity index (χ1v) is 5.50. The molecule has 0 bridgehead atoms. The van der Waals surface area contributed by atoms with Crippen LogP contribution < -0.4 is 10.9 Å². The number of thiazole rings is 1. The van der Waals surface area contributed by atoms with Crippen molar-refractivity contribution in [2.45, 2.75) is 26.4 Å². The number of carbonyl (C=O) groups is 2. The number of ether oxygens (including phenoxy) is 1. The van der Waals surface area contributed by atoms with Crippen molar-refractivity contribution in [3.63, 3.8) is 0 Å². The van der Waals surface area contributed by atoms with Crippen molar-refractivity contribution in [1.82, 2.24) is 15.8 Å². The molecule has 0 aliphatic rings. The fourth-order valence-electron chi connectivity index (χ4n) is 0.800. The zero-order valence-electron chi connectivity index (χ0n) is 9.23. The average Bonchev–Trinajstić information content (AvgIpc) is 2.64. The lowest BCUT2D eigenvalue weighted by Crippen LogP contribution is -2.44. The Kier molecular flexibility index (Phi) is 3.83. The summed E-state index contributed by atoms with van der Waals surface area (Å²) in [5.74, 6) is -0.480. The summed E-state index contributed by atoms with van der Waals surface area (Å²) in [4.78, 5) is 26.3. The number of hydrogen-bond acceptors (Lipinski definition) is 5. The molecular formula is C9H13N3O3S. The van der Waals surface area contributed by atoms with Gasteiger partial charge in [0.05, 0.1) is 5.51 Å². The molecule has 2 N–H and O–H groups in total. The van der Waals surface area contributed by atoms with E-state index in [1.54, 1.807) is 26.2 Å². The fourth-order valence-corrected chi connectivity index (χ4v) is 1.33. The third-order valence-corrected chi connectivity index (χ3v) is 1.93. The average molecular weight is 243 g/mol. The van der Waals surface area contributed by atoms with Crippen molar-refractivity contribution >= 4 is 23.3 Å². The lowest BCUT2D eigenvalue weighted by Gasteiger charge is -2.19. The molecule has 1 rings (SSSR count). The van der Waals surface area contributed by atoms with E-state index >= 15 is 0 Å². The summed E-state index contributed by atoms with van der Waals surface area (Å²) in [6.45, 7) is 5.19. The second kappa shape index (κ2) is 4.93. The molecule has 1 aromatic heterocycles. The first kappa shape index (κ1) is 12.4. The van der Waals surface area contributed by atoms with Gasteiger partial charge in [-0.15, -0.1) is 11.3 Å². The second-order valence-corrected chi connectivity index (χ2v) is 4.67. The largest absolute Gasteiger partial charge is 0.443 e. The molecule has 0 atom stereocenters. The number of nitrogens with zero attached hydrogens (tertiary/aromatic N) is 1. The quantitative estimate of drug-likeness (QED) is 0.729. The van der Waals surface area contributed by atoms with Gasteiger partial charge in [0.25, 0.3) is 5.91 Å². The van der Waals surface area contributed by atoms with Gasteiger partial charge < -0.3 is 4.74 Å². The highest BCUT2D eigenvalue weighted by Crippen LogP contribution is 2.06. The molecule has 1 heterocycles. The van der Waals surface area contributed by atoms with Crippen LogP contribution in [0.25, 0.3) is 0 Å². The van der Waals surface area contributed by atoms with Gasteiger partial charge in [-0.05, 0) is 20.8 Å². The Morgan fingerprint density at radius 1 is 1.38 bits per heavy atom. The maximum atomic E-state index is 11.3. The summed E-state index contributed by atoms with van der Waals surface area (Å²) < 4.78 is 4.92. The number of hydrazine groups is 1. The third-order valence-electron chi connectivity index (χ3n) is 1.34. The van der Waals surface area contributed by atoms with Crippen LogP contribution in [0.2, 0.25) is 0 Å². The predicted octanol–water partition coefficient (Wildman–Crippen LogP) is 1.31. The molecule has 1 aromatic rings. The van der Waals surface area contributed by atoms with Crippen LogP contribution in [-0.4, -0.2) is 22.6 Å². The van der Waals surface area contributed by atoms with E-state index in [9.17, 15) is 9.59 Å². The van der Waals surface area contributed by atoms with E-state index in [1.165, 1.54) is 16.8 Å². The van der Waals surface area contributed by atoms with Gasteiger partial charge in [0.2, 0.25) is 0 Å². The minimum absolute atomic E-state index is 0.251. The number of nitrogens with one attached hydrogen (secondary N) is 2. The van der Waals surface area contributed by atoms with Crippen LogP contribution >= 0.6 is 11.3 Å². The molecule has 0 unspecified atom stereocenters. The van der Waals surface area contributed by atoms with Crippen molar-refractivity contribution in [1.29, 1.82) is 0 Å². The Hall–Kier alpha value is -1.63. The maximum absolute atomic E-state index is 11.3. The first-order chi connectivity index (χ1) is 7.38. The second-order valence-electron chi connectivity index (χ2n) is 3.95. The Balaban J connectivity index is 2.35. The molecule has 6 nitrogen and oxygen atoms in total. The minimum atomic E-state index is -0.712. The SMILES string of the molecule is CC(C)(C)OC(=O)NNC(=O)c1cscn1. The van der Waals surface area contributed by atoms with E-state index < -0.39 is 17.6 Å². The molecule has 0 fully saturated rings. The smallest absolute Gasteiger partial charge is 0.426 e. The van der Waals surface area contributed by atoms with E-state index in [0.717, 1.165) is 0 Å². The number of amides is 2. The molecule has 0 saturated heterocycles. The van der Waals surface area contributed by atoms with Crippen molar-refractivity contribution in [3.8, 4) is 0 Å². The normalized spacial score (nSPS) is 10.7. The standard InChI is InChI=1S/C9H13N3O3S/c1-9(2,3)15-8(14)12-11-7(13)6-4-16-5-10-6/h4-5H,1-3H3,(H,11,13)(H,12,14). The molecule has 16 heavy (non-hydrogen) atoms. The van der Waals surface area contributed by atoms with Gasteiger partial charge in [0.1, 0.15) is 11.3 Å². The predicted molar refractivity (Wildman–Crippen MR) is 58.9 cm³/mol. The van der Waals surface area contributed by atoms with E-state index in [1.807, 2.05) is 0 Å². The Morgan fingerprint density at radius 2 is 2.06 bits per heavy atom. The number of aromatic nitrogens is 1. The van der Waals surface area contributed by atoms with Crippen molar-refractivity contribution in [3.05, 3.63) is 16.6 Å². The lowest BCUT2D eigenvalue weighted by molar-refractivity contribution is 0.0483. The monoisotopic (exact) mass is 243 g/mol. The Labute approximate surface area is 97.0 Å². The van der Waals surface area contributed by atoms with Gasteiger partial charge in [0, 0.05) is 5.38 Å². The van der Waals surface area contributed by atoms with Crippen LogP contribution in [-0.2, 0) is 4.74 Å². The highest BCUT2D eigenvalue weighted by Gasteiger charge is 2.16. The summed E-state index contributed by atoms with van der Waals surface area (Å²) in [7, 11) is 0. The van der Waals surface area contributed by atoms with Crippen molar-refractivity contribution < 1.29 is 14.3 Å². The maximum Gasteiger partial charge on any atom is 0.426 e. The van der Waals surface area contributed by atoms with Crippen LogP contribution in [0.15, 0.2) is 10.9 Å². The van der Waals surface area contributed by atoms with Gasteiger partial charge in [-0.1, -0.05) is 0 Å². The topological polar surface area (TPSA) is 80.3 Å². The van der Waals surface area contributed by atoms with E-state index in [4.69, 9.17) is 4.74 Å². The number of hydrogen-bond donors (Lipinski definition) is 2. The molecule has 0 radical (unpaired) electrons. The number of carbonyl (C=O) groups excluding carboxylic acids is 2. The summed E-state index contributed by atoms with van der Waals surface area (Å²) in [6, 6.07) is 0. The van der Waals surface area contributed by atoms with E-state index in [-0.39, 0.29) is 5.69 Å². The van der Waals surface area contributed by atoms with Crippen LogP contribution in [0.1, 0.15) is 31.3 Å². The molecule has 0 aromatic carbocycles. The van der Waals surface area contributed by atoms with Crippen LogP contribution in [0, 0.1) is 0 Å². The minimum Gasteiger partial charge on any atom is -0.443 e. The summed E-state index contributed by atoms with van der Waals surface area (Å²) in [5, 5.41) is 1.58. The van der Waals surface area contributed by atoms with Gasteiger partial charge in [-0.2, -0.15) is 0 Å². The highest BCUT2D eigenvalue weighted by molar-refractivity contribution is 7.07. The molecule has 2 amide bonds. The zero-order chi connectivity index (χ0) is 12.2. The van der Waals surface area contributed by atoms with Gasteiger partial charge in [0.15, 0.2) is 0 Å². The molecule has 0 aliphatic carbocycles. The molecule has 88 valence electrons. The molecule has 0 spiro atoms. The van der Waals surface area contributed by atoms with Crippen LogP contribution in [0.5, 0.6) is 0 Å². The molecular weight excluding hydrogens is 230 g/mol. The highest BCUT2D eigenvalue weighted by atomic mass is 32.1. The third kappa shape index (κ3) is 4.26. The van der Waals surface area contributed by atoms with Crippen molar-refractivity contribution in [2.75, 3.05) is 0 Å². The molecule has 0 aliphatic heterocycles. The Morgan fingerprint density at radius 3 is 2.56 bits per heavy atom. The Bertz CT molecular complexity index is 370. The van der Waals surface area contributed by atoms with E-state index in [2.05, 4.69) is 15.8 Å². The zero-order valence-corrected chi connectivity index (χ0v) is 10.1. The van der Waals surface area contributed by atoms with Crippen LogP contribution in [0.4, 0.5) is 4.79 Å². The molecule has 7 heteroatoms. The van der Waals surface area contributed by atoms with Gasteiger partial charge in [-0.25, -0.2) is 15.2 Å².